The Kier molecular flexibility index (Phi) is 6.84. The second-order valence-electron chi connectivity index (χ2n) is 8.66. The number of piperidine rings is 1. The van der Waals surface area contributed by atoms with Crippen molar-refractivity contribution in [3.8, 4) is 11.5 Å². The molecule has 192 valence electrons. The van der Waals surface area contributed by atoms with Crippen LogP contribution < -0.4 is 19.5 Å². The lowest BCUT2D eigenvalue weighted by Crippen LogP contribution is -2.27. The molecule has 3 aromatic rings. The highest BCUT2D eigenvalue weighted by Crippen LogP contribution is 2.42. The van der Waals surface area contributed by atoms with Crippen LogP contribution in [0.25, 0.3) is 0 Å². The van der Waals surface area contributed by atoms with Gasteiger partial charge in [0, 0.05) is 29.6 Å². The summed E-state index contributed by atoms with van der Waals surface area (Å²) in [5.74, 6) is 0.728. The summed E-state index contributed by atoms with van der Waals surface area (Å²) < 4.78 is 80.3. The number of hydrogen-bond donors (Lipinski definition) is 2. The van der Waals surface area contributed by atoms with Gasteiger partial charge in [0.2, 0.25) is 0 Å². The topological polar surface area (TPSA) is 89.6 Å². The van der Waals surface area contributed by atoms with E-state index in [0.717, 1.165) is 43.3 Å². The number of nitrogens with one attached hydrogen (secondary N) is 2. The van der Waals surface area contributed by atoms with Gasteiger partial charge in [0.25, 0.3) is 10.0 Å². The molecule has 1 atom stereocenters. The van der Waals surface area contributed by atoms with Crippen molar-refractivity contribution in [1.82, 2.24) is 10.3 Å². The van der Waals surface area contributed by atoms with Crippen molar-refractivity contribution < 1.29 is 31.1 Å². The third kappa shape index (κ3) is 5.30. The number of thiazole rings is 1. The van der Waals surface area contributed by atoms with E-state index in [-0.39, 0.29) is 22.6 Å². The lowest BCUT2D eigenvalue weighted by Gasteiger charge is -2.30. The van der Waals surface area contributed by atoms with E-state index in [1.165, 1.54) is 30.5 Å². The number of fused-ring (bicyclic) bond motifs is 1. The standard InChI is InChI=1S/C24H24F3N3O4S2/c25-24(26,27)16-1-4-20(19(13-16)15-5-8-28-9-6-15)34-21-7-11-33-22-14-17(2-3-18(21)22)36(31,32)30-23-29-10-12-35-23/h1-4,10,12-15,21,28H,5-9,11H2,(H,29,30). The van der Waals surface area contributed by atoms with Crippen LogP contribution in [0.2, 0.25) is 0 Å². The number of ether oxygens (including phenoxy) is 2. The van der Waals surface area contributed by atoms with Gasteiger partial charge in [-0.05, 0) is 61.7 Å². The first kappa shape index (κ1) is 24.8. The van der Waals surface area contributed by atoms with Crippen molar-refractivity contribution in [1.29, 1.82) is 0 Å². The molecule has 5 rings (SSSR count). The van der Waals surface area contributed by atoms with Gasteiger partial charge in [-0.2, -0.15) is 13.2 Å². The molecule has 7 nitrogen and oxygen atoms in total. The lowest BCUT2D eigenvalue weighted by molar-refractivity contribution is -0.137. The fraction of sp³-hybridized carbons (Fsp3) is 0.375. The number of sulfonamides is 1. The van der Waals surface area contributed by atoms with Crippen LogP contribution in [-0.4, -0.2) is 33.1 Å². The van der Waals surface area contributed by atoms with Gasteiger partial charge in [0.15, 0.2) is 5.13 Å². The first-order valence-electron chi connectivity index (χ1n) is 11.5. The Bertz CT molecular complexity index is 1320. The zero-order chi connectivity index (χ0) is 25.3. The van der Waals surface area contributed by atoms with E-state index >= 15 is 0 Å². The zero-order valence-corrected chi connectivity index (χ0v) is 20.7. The van der Waals surface area contributed by atoms with Crippen LogP contribution in [-0.2, 0) is 16.2 Å². The highest BCUT2D eigenvalue weighted by Gasteiger charge is 2.33. The van der Waals surface area contributed by atoms with E-state index < -0.39 is 27.9 Å². The second kappa shape index (κ2) is 9.91. The Labute approximate surface area is 210 Å². The molecule has 1 unspecified atom stereocenters. The monoisotopic (exact) mass is 539 g/mol. The maximum atomic E-state index is 13.4. The van der Waals surface area contributed by atoms with Crippen molar-refractivity contribution in [2.75, 3.05) is 24.4 Å². The summed E-state index contributed by atoms with van der Waals surface area (Å²) in [5.41, 5.74) is 0.496. The first-order chi connectivity index (χ1) is 17.2. The molecule has 1 saturated heterocycles. The van der Waals surface area contributed by atoms with Gasteiger partial charge in [-0.25, -0.2) is 13.4 Å². The second-order valence-corrected chi connectivity index (χ2v) is 11.2. The zero-order valence-electron chi connectivity index (χ0n) is 19.0. The molecule has 0 amide bonds. The number of alkyl halides is 3. The minimum atomic E-state index is -4.44. The van der Waals surface area contributed by atoms with Crippen LogP contribution in [0.15, 0.2) is 52.9 Å². The van der Waals surface area contributed by atoms with E-state index in [2.05, 4.69) is 15.0 Å². The number of benzene rings is 2. The van der Waals surface area contributed by atoms with Crippen LogP contribution in [0.5, 0.6) is 11.5 Å². The third-order valence-electron chi connectivity index (χ3n) is 6.32. The largest absolute Gasteiger partial charge is 0.493 e. The Morgan fingerprint density at radius 3 is 2.61 bits per heavy atom. The van der Waals surface area contributed by atoms with Gasteiger partial charge in [-0.3, -0.25) is 4.72 Å². The molecule has 2 aliphatic rings. The smallest absolute Gasteiger partial charge is 0.416 e. The highest BCUT2D eigenvalue weighted by atomic mass is 32.2. The molecule has 0 saturated carbocycles. The molecule has 1 fully saturated rings. The average Bonchev–Trinajstić information content (AvgIpc) is 3.36. The van der Waals surface area contributed by atoms with Crippen molar-refractivity contribution >= 4 is 26.5 Å². The molecular weight excluding hydrogens is 515 g/mol. The van der Waals surface area contributed by atoms with Crippen molar-refractivity contribution in [2.45, 2.75) is 42.4 Å². The van der Waals surface area contributed by atoms with Crippen molar-refractivity contribution in [3.63, 3.8) is 0 Å². The van der Waals surface area contributed by atoms with Crippen LogP contribution in [0.3, 0.4) is 0 Å². The summed E-state index contributed by atoms with van der Waals surface area (Å²) >= 11 is 1.16. The number of anilines is 1. The van der Waals surface area contributed by atoms with Crippen molar-refractivity contribution in [2.24, 2.45) is 0 Å². The number of aromatic nitrogens is 1. The summed E-state index contributed by atoms with van der Waals surface area (Å²) in [5, 5.41) is 5.15. The minimum Gasteiger partial charge on any atom is -0.493 e. The molecule has 2 aromatic carbocycles. The van der Waals surface area contributed by atoms with E-state index in [0.29, 0.717) is 29.0 Å². The summed E-state index contributed by atoms with van der Waals surface area (Å²) in [6, 6.07) is 8.16. The van der Waals surface area contributed by atoms with Crippen LogP contribution in [0, 0.1) is 0 Å². The summed E-state index contributed by atoms with van der Waals surface area (Å²) in [7, 11) is -3.87. The van der Waals surface area contributed by atoms with E-state index in [9.17, 15) is 21.6 Å². The number of rotatable bonds is 6. The molecule has 0 aliphatic carbocycles. The molecular formula is C24H24F3N3O4S2. The normalized spacial score (nSPS) is 18.8. The van der Waals surface area contributed by atoms with E-state index in [1.54, 1.807) is 11.4 Å². The molecule has 0 radical (unpaired) electrons. The van der Waals surface area contributed by atoms with Gasteiger partial charge in [-0.1, -0.05) is 6.07 Å². The summed E-state index contributed by atoms with van der Waals surface area (Å²) in [4.78, 5) is 3.96. The maximum Gasteiger partial charge on any atom is 0.416 e. The minimum absolute atomic E-state index is 0.0158. The average molecular weight is 540 g/mol. The number of halogens is 3. The van der Waals surface area contributed by atoms with Gasteiger partial charge >= 0.3 is 6.18 Å². The Morgan fingerprint density at radius 1 is 1.08 bits per heavy atom. The van der Waals surface area contributed by atoms with Gasteiger partial charge in [0.1, 0.15) is 17.6 Å². The molecule has 2 N–H and O–H groups in total. The molecule has 1 aromatic heterocycles. The quantitative estimate of drug-likeness (QED) is 0.440. The summed E-state index contributed by atoms with van der Waals surface area (Å²) in [6.45, 7) is 1.74. The first-order valence-corrected chi connectivity index (χ1v) is 13.8. The molecule has 36 heavy (non-hydrogen) atoms. The maximum absolute atomic E-state index is 13.4. The predicted octanol–water partition coefficient (Wildman–Crippen LogP) is 5.33. The molecule has 3 heterocycles. The Hall–Kier alpha value is -2.83. The van der Waals surface area contributed by atoms with E-state index in [1.807, 2.05) is 0 Å². The molecule has 0 spiro atoms. The van der Waals surface area contributed by atoms with Crippen molar-refractivity contribution in [3.05, 3.63) is 64.7 Å². The van der Waals surface area contributed by atoms with Crippen LogP contribution in [0.1, 0.15) is 48.0 Å². The molecule has 0 bridgehead atoms. The van der Waals surface area contributed by atoms with Crippen LogP contribution >= 0.6 is 11.3 Å². The third-order valence-corrected chi connectivity index (χ3v) is 8.47. The molecule has 2 aliphatic heterocycles. The number of hydrogen-bond acceptors (Lipinski definition) is 7. The van der Waals surface area contributed by atoms with Gasteiger partial charge < -0.3 is 14.8 Å². The Morgan fingerprint density at radius 2 is 1.89 bits per heavy atom. The van der Waals surface area contributed by atoms with Gasteiger partial charge in [0.05, 0.1) is 17.1 Å². The predicted molar refractivity (Wildman–Crippen MR) is 129 cm³/mol. The highest BCUT2D eigenvalue weighted by molar-refractivity contribution is 7.93. The summed E-state index contributed by atoms with van der Waals surface area (Å²) in [6.07, 6.45) is -1.53. The SMILES string of the molecule is O=S(=O)(Nc1nccs1)c1ccc2c(c1)OCCC2Oc1ccc(C(F)(F)F)cc1C1CCNCC1. The fourth-order valence-electron chi connectivity index (χ4n) is 4.51. The van der Waals surface area contributed by atoms with E-state index in [4.69, 9.17) is 9.47 Å². The Balaban J connectivity index is 1.43. The van der Waals surface area contributed by atoms with Crippen LogP contribution in [0.4, 0.5) is 18.3 Å². The lowest BCUT2D eigenvalue weighted by atomic mass is 9.88. The molecule has 12 heteroatoms. The number of nitrogens with zero attached hydrogens (tertiary/aromatic N) is 1. The fourth-order valence-corrected chi connectivity index (χ4v) is 6.32. The van der Waals surface area contributed by atoms with Gasteiger partial charge in [-0.15, -0.1) is 11.3 Å².